The molecular weight excluding hydrogens is 357 g/mol. The third kappa shape index (κ3) is 4.39. The van der Waals surface area contributed by atoms with E-state index in [1.807, 2.05) is 11.4 Å². The first-order valence-corrected chi connectivity index (χ1v) is 7.68. The molecule has 1 aromatic heterocycles. The molecule has 2 N–H and O–H groups in total. The van der Waals surface area contributed by atoms with E-state index < -0.39 is 5.82 Å². The summed E-state index contributed by atoms with van der Waals surface area (Å²) in [6.07, 6.45) is 0. The van der Waals surface area contributed by atoms with Crippen molar-refractivity contribution < 1.29 is 14.3 Å². The number of aliphatic hydroxyl groups excluding tert-OH is 1. The standard InChI is InChI=1S/C15H11BrFNO2S/c16-11-7-13(21-9-11)8-18-15(20)14-4-3-12(17)6-10(14)2-1-5-19/h3-4,6-7,9,19H,5,8H2,(H,18,20). The number of benzene rings is 1. The zero-order valence-electron chi connectivity index (χ0n) is 10.8. The minimum atomic E-state index is -0.476. The number of nitrogens with one attached hydrogen (secondary N) is 1. The van der Waals surface area contributed by atoms with E-state index in [1.54, 1.807) is 0 Å². The van der Waals surface area contributed by atoms with Gasteiger partial charge in [0.2, 0.25) is 0 Å². The predicted molar refractivity (Wildman–Crippen MR) is 83.6 cm³/mol. The summed E-state index contributed by atoms with van der Waals surface area (Å²) in [6.45, 7) is 0.0418. The Balaban J connectivity index is 2.14. The molecule has 2 aromatic rings. The van der Waals surface area contributed by atoms with Crippen LogP contribution in [0.4, 0.5) is 4.39 Å². The summed E-state index contributed by atoms with van der Waals surface area (Å²) in [5.41, 5.74) is 0.543. The highest BCUT2D eigenvalue weighted by Crippen LogP contribution is 2.19. The fourth-order valence-electron chi connectivity index (χ4n) is 1.66. The first kappa shape index (κ1) is 15.7. The van der Waals surface area contributed by atoms with E-state index in [9.17, 15) is 9.18 Å². The van der Waals surface area contributed by atoms with Crippen LogP contribution in [0, 0.1) is 17.7 Å². The summed E-state index contributed by atoms with van der Waals surface area (Å²) >= 11 is 4.87. The van der Waals surface area contributed by atoms with Crippen LogP contribution < -0.4 is 5.32 Å². The van der Waals surface area contributed by atoms with Crippen molar-refractivity contribution in [1.29, 1.82) is 0 Å². The third-order valence-electron chi connectivity index (χ3n) is 2.57. The molecule has 0 aliphatic carbocycles. The van der Waals surface area contributed by atoms with Crippen molar-refractivity contribution >= 4 is 33.2 Å². The second-order valence-corrected chi connectivity index (χ2v) is 5.98. The summed E-state index contributed by atoms with van der Waals surface area (Å²) in [6, 6.07) is 5.69. The maximum atomic E-state index is 13.2. The molecule has 0 unspecified atom stereocenters. The van der Waals surface area contributed by atoms with Gasteiger partial charge in [-0.3, -0.25) is 4.79 Å². The van der Waals surface area contributed by atoms with Crippen LogP contribution in [-0.2, 0) is 6.54 Å². The van der Waals surface area contributed by atoms with E-state index in [-0.39, 0.29) is 23.6 Å². The lowest BCUT2D eigenvalue weighted by atomic mass is 10.1. The van der Waals surface area contributed by atoms with Crippen LogP contribution in [0.25, 0.3) is 0 Å². The third-order valence-corrected chi connectivity index (χ3v) is 4.27. The molecule has 0 saturated heterocycles. The van der Waals surface area contributed by atoms with Gasteiger partial charge in [0, 0.05) is 20.3 Å². The van der Waals surface area contributed by atoms with Crippen LogP contribution in [-0.4, -0.2) is 17.6 Å². The van der Waals surface area contributed by atoms with Crippen molar-refractivity contribution in [2.45, 2.75) is 6.54 Å². The minimum Gasteiger partial charge on any atom is -0.384 e. The SMILES string of the molecule is O=C(NCc1cc(Br)cs1)c1ccc(F)cc1C#CCO. The molecule has 0 aliphatic heterocycles. The average Bonchev–Trinajstić information content (AvgIpc) is 2.88. The first-order valence-electron chi connectivity index (χ1n) is 6.00. The molecule has 0 bridgehead atoms. The number of rotatable bonds is 3. The molecule has 0 spiro atoms. The number of hydrogen-bond donors (Lipinski definition) is 2. The Bertz CT molecular complexity index is 718. The molecule has 3 nitrogen and oxygen atoms in total. The lowest BCUT2D eigenvalue weighted by Crippen LogP contribution is -2.23. The summed E-state index contributed by atoms with van der Waals surface area (Å²) in [5.74, 6) is 4.19. The Morgan fingerprint density at radius 3 is 2.90 bits per heavy atom. The highest BCUT2D eigenvalue weighted by Gasteiger charge is 2.11. The maximum Gasteiger partial charge on any atom is 0.252 e. The molecular formula is C15H11BrFNO2S. The van der Waals surface area contributed by atoms with Crippen LogP contribution in [0.1, 0.15) is 20.8 Å². The summed E-state index contributed by atoms with van der Waals surface area (Å²) in [4.78, 5) is 13.1. The average molecular weight is 368 g/mol. The number of aliphatic hydroxyl groups is 1. The molecule has 108 valence electrons. The van der Waals surface area contributed by atoms with Crippen molar-refractivity contribution in [2.24, 2.45) is 0 Å². The fraction of sp³-hybridized carbons (Fsp3) is 0.133. The van der Waals surface area contributed by atoms with Crippen molar-refractivity contribution in [3.8, 4) is 11.8 Å². The maximum absolute atomic E-state index is 13.2. The number of carbonyl (C=O) groups excluding carboxylic acids is 1. The molecule has 6 heteroatoms. The van der Waals surface area contributed by atoms with Gasteiger partial charge in [0.1, 0.15) is 12.4 Å². The Kier molecular flexibility index (Phi) is 5.51. The molecule has 0 radical (unpaired) electrons. The van der Waals surface area contributed by atoms with E-state index in [2.05, 4.69) is 33.1 Å². The molecule has 1 heterocycles. The molecule has 1 amide bonds. The van der Waals surface area contributed by atoms with Crippen LogP contribution >= 0.6 is 27.3 Å². The normalized spacial score (nSPS) is 9.86. The van der Waals surface area contributed by atoms with E-state index >= 15 is 0 Å². The number of thiophene rings is 1. The molecule has 1 aromatic carbocycles. The fourth-order valence-corrected chi connectivity index (χ4v) is 3.05. The van der Waals surface area contributed by atoms with Gasteiger partial charge in [-0.1, -0.05) is 11.8 Å². The Labute approximate surface area is 133 Å². The number of carbonyl (C=O) groups is 1. The molecule has 21 heavy (non-hydrogen) atoms. The monoisotopic (exact) mass is 367 g/mol. The molecule has 0 fully saturated rings. The van der Waals surface area contributed by atoms with Crippen LogP contribution in [0.5, 0.6) is 0 Å². The van der Waals surface area contributed by atoms with E-state index in [0.717, 1.165) is 9.35 Å². The first-order chi connectivity index (χ1) is 10.1. The van der Waals surface area contributed by atoms with Crippen LogP contribution in [0.3, 0.4) is 0 Å². The van der Waals surface area contributed by atoms with Gasteiger partial charge < -0.3 is 10.4 Å². The van der Waals surface area contributed by atoms with Crippen LogP contribution in [0.2, 0.25) is 0 Å². The Hall–Kier alpha value is -1.68. The quantitative estimate of drug-likeness (QED) is 0.819. The van der Waals surface area contributed by atoms with Crippen LogP contribution in [0.15, 0.2) is 34.1 Å². The Morgan fingerprint density at radius 2 is 2.24 bits per heavy atom. The smallest absolute Gasteiger partial charge is 0.252 e. The lowest BCUT2D eigenvalue weighted by Gasteiger charge is -2.06. The van der Waals surface area contributed by atoms with E-state index in [4.69, 9.17) is 5.11 Å². The number of halogens is 2. The largest absolute Gasteiger partial charge is 0.384 e. The number of amides is 1. The van der Waals surface area contributed by atoms with E-state index in [0.29, 0.717) is 6.54 Å². The van der Waals surface area contributed by atoms with Gasteiger partial charge in [0.15, 0.2) is 0 Å². The lowest BCUT2D eigenvalue weighted by molar-refractivity contribution is 0.0951. The van der Waals surface area contributed by atoms with Gasteiger partial charge in [0.25, 0.3) is 5.91 Å². The second kappa shape index (κ2) is 7.36. The zero-order chi connectivity index (χ0) is 15.2. The minimum absolute atomic E-state index is 0.258. The number of hydrogen-bond acceptors (Lipinski definition) is 3. The van der Waals surface area contributed by atoms with Gasteiger partial charge >= 0.3 is 0 Å². The molecule has 2 rings (SSSR count). The topological polar surface area (TPSA) is 49.3 Å². The predicted octanol–water partition coefficient (Wildman–Crippen LogP) is 2.92. The van der Waals surface area contributed by atoms with E-state index in [1.165, 1.54) is 29.5 Å². The van der Waals surface area contributed by atoms with Crippen molar-refractivity contribution in [2.75, 3.05) is 6.61 Å². The highest BCUT2D eigenvalue weighted by atomic mass is 79.9. The zero-order valence-corrected chi connectivity index (χ0v) is 13.2. The highest BCUT2D eigenvalue weighted by molar-refractivity contribution is 9.10. The Morgan fingerprint density at radius 1 is 1.43 bits per heavy atom. The molecule has 0 atom stereocenters. The van der Waals surface area contributed by atoms with Gasteiger partial charge in [-0.2, -0.15) is 0 Å². The van der Waals surface area contributed by atoms with Gasteiger partial charge in [-0.25, -0.2) is 4.39 Å². The van der Waals surface area contributed by atoms with Crippen molar-refractivity contribution in [3.05, 3.63) is 55.9 Å². The van der Waals surface area contributed by atoms with Crippen molar-refractivity contribution in [3.63, 3.8) is 0 Å². The van der Waals surface area contributed by atoms with Gasteiger partial charge in [-0.05, 0) is 40.2 Å². The second-order valence-electron chi connectivity index (χ2n) is 4.06. The molecule has 0 aliphatic rings. The van der Waals surface area contributed by atoms with Gasteiger partial charge in [-0.15, -0.1) is 11.3 Å². The molecule has 0 saturated carbocycles. The summed E-state index contributed by atoms with van der Waals surface area (Å²) in [7, 11) is 0. The van der Waals surface area contributed by atoms with Crippen molar-refractivity contribution in [1.82, 2.24) is 5.32 Å². The summed E-state index contributed by atoms with van der Waals surface area (Å²) in [5, 5.41) is 13.4. The summed E-state index contributed by atoms with van der Waals surface area (Å²) < 4.78 is 14.2. The van der Waals surface area contributed by atoms with Gasteiger partial charge in [0.05, 0.1) is 12.1 Å².